The first-order valence-corrected chi connectivity index (χ1v) is 8.26. The Balaban J connectivity index is 1.97. The van der Waals surface area contributed by atoms with Gasteiger partial charge in [0.1, 0.15) is 5.82 Å². The van der Waals surface area contributed by atoms with Crippen molar-refractivity contribution in [3.05, 3.63) is 43.0 Å². The number of hydrogen-bond donors (Lipinski definition) is 2. The molecule has 0 saturated heterocycles. The molecule has 2 N–H and O–H groups in total. The quantitative estimate of drug-likeness (QED) is 0.559. The largest absolute Gasteiger partial charge is 0.352 e. The van der Waals surface area contributed by atoms with Crippen LogP contribution < -0.4 is 5.32 Å². The van der Waals surface area contributed by atoms with Crippen LogP contribution in [0, 0.1) is 8.34 Å². The maximum atomic E-state index is 12.1. The summed E-state index contributed by atoms with van der Waals surface area (Å²) in [5.41, 5.74) is 0.620. The fourth-order valence-electron chi connectivity index (χ4n) is 1.92. The average molecular weight is 437 g/mol. The molecule has 0 aliphatic rings. The van der Waals surface area contributed by atoms with Crippen molar-refractivity contribution in [1.29, 1.82) is 0 Å². The summed E-state index contributed by atoms with van der Waals surface area (Å²) < 4.78 is 3.34. The van der Waals surface area contributed by atoms with Crippen molar-refractivity contribution >= 4 is 52.3 Å². The molecule has 112 valence electrons. The van der Waals surface area contributed by atoms with E-state index in [2.05, 4.69) is 38.1 Å². The molecule has 0 aliphatic carbocycles. The van der Waals surface area contributed by atoms with Crippen LogP contribution in [0.2, 0.25) is 5.02 Å². The number of aromatic amines is 1. The molecule has 1 aromatic heterocycles. The number of hydrogen-bond acceptors (Lipinski definition) is 3. The molecule has 0 fully saturated rings. The molecule has 1 heterocycles. The van der Waals surface area contributed by atoms with E-state index in [1.54, 1.807) is 18.2 Å². The number of amides is 1. The highest BCUT2D eigenvalue weighted by Gasteiger charge is 2.10. The van der Waals surface area contributed by atoms with Gasteiger partial charge in [-0.2, -0.15) is 5.10 Å². The topological polar surface area (TPSA) is 62.7 Å². The molecule has 21 heavy (non-hydrogen) atoms. The number of rotatable bonds is 5. The van der Waals surface area contributed by atoms with Crippen LogP contribution in [0.1, 0.15) is 23.1 Å². The van der Waals surface area contributed by atoms with Gasteiger partial charge in [-0.1, -0.05) is 11.6 Å². The Morgan fingerprint density at radius 2 is 2.33 bits per heavy atom. The van der Waals surface area contributed by atoms with Crippen molar-refractivity contribution in [1.82, 2.24) is 20.1 Å². The minimum absolute atomic E-state index is 0.117. The maximum absolute atomic E-state index is 12.1. The molecule has 2 aromatic rings. The summed E-state index contributed by atoms with van der Waals surface area (Å²) in [4.78, 5) is 12.1. The molecule has 1 amide bonds. The summed E-state index contributed by atoms with van der Waals surface area (Å²) >= 11 is 13.1. The van der Waals surface area contributed by atoms with Crippen LogP contribution in [-0.4, -0.2) is 27.2 Å². The summed E-state index contributed by atoms with van der Waals surface area (Å²) in [5.74, 6) is 0.724. The van der Waals surface area contributed by atoms with Crippen LogP contribution in [0.15, 0.2) is 18.2 Å². The average Bonchev–Trinajstić information content (AvgIpc) is 2.79. The van der Waals surface area contributed by atoms with Gasteiger partial charge in [-0.25, -0.2) is 0 Å². The third-order valence-electron chi connectivity index (χ3n) is 2.96. The number of benzene rings is 1. The van der Waals surface area contributed by atoms with Gasteiger partial charge in [-0.15, -0.1) is 0 Å². The lowest BCUT2D eigenvalue weighted by Crippen LogP contribution is -2.27. The van der Waals surface area contributed by atoms with Crippen LogP contribution in [-0.2, 0) is 13.0 Å². The molecule has 5 nitrogen and oxygen atoms in total. The minimum Gasteiger partial charge on any atom is -0.352 e. The number of H-pyrrole nitrogens is 1. The number of carbonyl (C=O) groups is 1. The molecule has 0 atom stereocenters. The standard InChI is InChI=1S/C13H14ClIN4OS/c1-2-19-11(17-18-13(19)21)5-6-16-12(20)9-4-3-8(14)7-10(9)15/h3-4,7H,2,5-6H2,1H3,(H,16,20)(H,18,21). The normalized spacial score (nSPS) is 10.6. The third-order valence-corrected chi connectivity index (χ3v) is 4.40. The maximum Gasteiger partial charge on any atom is 0.252 e. The van der Waals surface area contributed by atoms with Crippen molar-refractivity contribution in [2.75, 3.05) is 6.54 Å². The van der Waals surface area contributed by atoms with E-state index < -0.39 is 0 Å². The lowest BCUT2D eigenvalue weighted by molar-refractivity contribution is 0.0953. The van der Waals surface area contributed by atoms with E-state index in [0.29, 0.717) is 28.3 Å². The molecule has 0 aliphatic heterocycles. The number of nitrogens with zero attached hydrogens (tertiary/aromatic N) is 2. The van der Waals surface area contributed by atoms with E-state index >= 15 is 0 Å². The molecule has 8 heteroatoms. The molecule has 0 radical (unpaired) electrons. The SMILES string of the molecule is CCn1c(CCNC(=O)c2ccc(Cl)cc2I)n[nH]c1=S. The van der Waals surface area contributed by atoms with E-state index in [1.807, 2.05) is 11.5 Å². The van der Waals surface area contributed by atoms with Crippen LogP contribution in [0.4, 0.5) is 0 Å². The zero-order valence-electron chi connectivity index (χ0n) is 11.3. The van der Waals surface area contributed by atoms with E-state index in [4.69, 9.17) is 23.8 Å². The van der Waals surface area contributed by atoms with E-state index in [-0.39, 0.29) is 5.91 Å². The van der Waals surface area contributed by atoms with Crippen LogP contribution in [0.5, 0.6) is 0 Å². The number of carbonyl (C=O) groups excluding carboxylic acids is 1. The van der Waals surface area contributed by atoms with Crippen LogP contribution in [0.25, 0.3) is 0 Å². The van der Waals surface area contributed by atoms with Gasteiger partial charge in [0.05, 0.1) is 5.56 Å². The lowest BCUT2D eigenvalue weighted by Gasteiger charge is -2.07. The van der Waals surface area contributed by atoms with E-state index in [9.17, 15) is 4.79 Å². The molecule has 1 aromatic carbocycles. The van der Waals surface area contributed by atoms with Gasteiger partial charge in [-0.3, -0.25) is 9.89 Å². The zero-order valence-corrected chi connectivity index (χ0v) is 15.1. The van der Waals surface area contributed by atoms with Gasteiger partial charge in [0.2, 0.25) is 0 Å². The van der Waals surface area contributed by atoms with Crippen LogP contribution >= 0.6 is 46.4 Å². The summed E-state index contributed by atoms with van der Waals surface area (Å²) in [7, 11) is 0. The second kappa shape index (κ2) is 7.37. The Labute approximate surface area is 146 Å². The highest BCUT2D eigenvalue weighted by atomic mass is 127. The fraction of sp³-hybridized carbons (Fsp3) is 0.308. The van der Waals surface area contributed by atoms with Gasteiger partial charge in [0.15, 0.2) is 4.77 Å². The Hall–Kier alpha value is -0.930. The zero-order chi connectivity index (χ0) is 15.4. The van der Waals surface area contributed by atoms with Crippen molar-refractivity contribution in [3.63, 3.8) is 0 Å². The molecule has 2 rings (SSSR count). The first-order valence-electron chi connectivity index (χ1n) is 6.40. The van der Waals surface area contributed by atoms with E-state index in [0.717, 1.165) is 15.9 Å². The highest BCUT2D eigenvalue weighted by Crippen LogP contribution is 2.17. The summed E-state index contributed by atoms with van der Waals surface area (Å²) in [6, 6.07) is 5.20. The van der Waals surface area contributed by atoms with Gasteiger partial charge >= 0.3 is 0 Å². The number of halogens is 2. The Kier molecular flexibility index (Phi) is 5.77. The monoisotopic (exact) mass is 436 g/mol. The second-order valence-corrected chi connectivity index (χ2v) is 6.30. The first-order chi connectivity index (χ1) is 10.0. The molecule has 0 spiro atoms. The van der Waals surface area contributed by atoms with E-state index in [1.165, 1.54) is 0 Å². The molecule has 0 unspecified atom stereocenters. The predicted molar refractivity (Wildman–Crippen MR) is 93.3 cm³/mol. The van der Waals surface area contributed by atoms with Crippen molar-refractivity contribution in [3.8, 4) is 0 Å². The molecular formula is C13H14ClIN4OS. The fourth-order valence-corrected chi connectivity index (χ4v) is 3.32. The Morgan fingerprint density at radius 1 is 1.57 bits per heavy atom. The second-order valence-electron chi connectivity index (χ2n) is 4.32. The molecular weight excluding hydrogens is 423 g/mol. The van der Waals surface area contributed by atoms with Crippen molar-refractivity contribution < 1.29 is 4.79 Å². The van der Waals surface area contributed by atoms with Gasteiger partial charge < -0.3 is 9.88 Å². The summed E-state index contributed by atoms with van der Waals surface area (Å²) in [6.07, 6.45) is 0.622. The first kappa shape index (κ1) is 16.4. The van der Waals surface area contributed by atoms with Gasteiger partial charge in [-0.05, 0) is 59.9 Å². The lowest BCUT2D eigenvalue weighted by atomic mass is 10.2. The summed E-state index contributed by atoms with van der Waals surface area (Å²) in [5, 5.41) is 10.4. The molecule has 0 saturated carbocycles. The minimum atomic E-state index is -0.117. The Bertz CT molecular complexity index is 712. The van der Waals surface area contributed by atoms with Gasteiger partial charge in [0.25, 0.3) is 5.91 Å². The third kappa shape index (κ3) is 4.04. The summed E-state index contributed by atoms with van der Waals surface area (Å²) in [6.45, 7) is 3.26. The van der Waals surface area contributed by atoms with Crippen molar-refractivity contribution in [2.24, 2.45) is 0 Å². The van der Waals surface area contributed by atoms with Gasteiger partial charge in [0, 0.05) is 28.1 Å². The predicted octanol–water partition coefficient (Wildman–Crippen LogP) is 3.19. The van der Waals surface area contributed by atoms with Crippen LogP contribution in [0.3, 0.4) is 0 Å². The highest BCUT2D eigenvalue weighted by molar-refractivity contribution is 14.1. The molecule has 0 bridgehead atoms. The number of aromatic nitrogens is 3. The smallest absolute Gasteiger partial charge is 0.252 e. The van der Waals surface area contributed by atoms with Crippen molar-refractivity contribution in [2.45, 2.75) is 19.9 Å². The number of nitrogens with one attached hydrogen (secondary N) is 2. The Morgan fingerprint density at radius 3 is 3.00 bits per heavy atom.